The Morgan fingerprint density at radius 2 is 1.64 bits per heavy atom. The number of halogens is 1. The van der Waals surface area contributed by atoms with Gasteiger partial charge >= 0.3 is 5.97 Å². The fourth-order valence-corrected chi connectivity index (χ4v) is 2.50. The van der Waals surface area contributed by atoms with Gasteiger partial charge in [0.2, 0.25) is 0 Å². The molecule has 0 aliphatic carbocycles. The van der Waals surface area contributed by atoms with Crippen molar-refractivity contribution in [2.24, 2.45) is 0 Å². The number of hydrogen-bond acceptors (Lipinski definition) is 6. The number of hydrogen-bond donors (Lipinski definition) is 1. The number of ether oxygens (including phenoxy) is 4. The molecule has 0 unspecified atom stereocenters. The van der Waals surface area contributed by atoms with Gasteiger partial charge in [0.1, 0.15) is 5.75 Å². The van der Waals surface area contributed by atoms with Crippen molar-refractivity contribution in [1.29, 1.82) is 0 Å². The fraction of sp³-hybridized carbons (Fsp3) is 0.200. The van der Waals surface area contributed by atoms with Crippen molar-refractivity contribution in [2.45, 2.75) is 0 Å². The maximum atomic E-state index is 11.9. The van der Waals surface area contributed by atoms with Gasteiger partial charge in [0.05, 0.1) is 26.4 Å². The molecule has 1 amide bonds. The van der Waals surface area contributed by atoms with E-state index in [1.165, 1.54) is 33.5 Å². The molecule has 0 heterocycles. The molecule has 148 valence electrons. The normalized spacial score (nSPS) is 10.4. The summed E-state index contributed by atoms with van der Waals surface area (Å²) in [5, 5.41) is 2.94. The second-order valence-electron chi connectivity index (χ2n) is 5.45. The van der Waals surface area contributed by atoms with Crippen molar-refractivity contribution in [3.05, 3.63) is 53.1 Å². The topological polar surface area (TPSA) is 83.1 Å². The number of amides is 1. The Kier molecular flexibility index (Phi) is 7.71. The smallest absolute Gasteiger partial charge is 0.331 e. The third kappa shape index (κ3) is 5.92. The van der Waals surface area contributed by atoms with Crippen LogP contribution < -0.4 is 19.5 Å². The molecule has 0 aromatic heterocycles. The molecule has 28 heavy (non-hydrogen) atoms. The van der Waals surface area contributed by atoms with E-state index in [4.69, 9.17) is 30.5 Å². The zero-order chi connectivity index (χ0) is 20.5. The third-order valence-electron chi connectivity index (χ3n) is 3.60. The van der Waals surface area contributed by atoms with Gasteiger partial charge < -0.3 is 24.3 Å². The fourth-order valence-electron chi connectivity index (χ4n) is 2.25. The van der Waals surface area contributed by atoms with Crippen molar-refractivity contribution in [2.75, 3.05) is 33.3 Å². The molecular weight excluding hydrogens is 386 g/mol. The van der Waals surface area contributed by atoms with Crippen molar-refractivity contribution in [3.63, 3.8) is 0 Å². The number of methoxy groups -OCH3 is 3. The van der Waals surface area contributed by atoms with Crippen LogP contribution in [0.3, 0.4) is 0 Å². The standard InChI is InChI=1S/C20H20ClNO6/c1-25-16-8-6-14(11-15(16)21)22-19(23)12-28-20(24)9-5-13-4-7-17(26-2)18(10-13)27-3/h4-11H,12H2,1-3H3,(H,22,23). The average molecular weight is 406 g/mol. The van der Waals surface area contributed by atoms with Crippen LogP contribution in [0.25, 0.3) is 6.08 Å². The Morgan fingerprint density at radius 3 is 2.29 bits per heavy atom. The third-order valence-corrected chi connectivity index (χ3v) is 3.90. The highest BCUT2D eigenvalue weighted by Crippen LogP contribution is 2.28. The molecule has 0 spiro atoms. The van der Waals surface area contributed by atoms with E-state index in [9.17, 15) is 9.59 Å². The largest absolute Gasteiger partial charge is 0.495 e. The van der Waals surface area contributed by atoms with Gasteiger partial charge in [-0.25, -0.2) is 4.79 Å². The Balaban J connectivity index is 1.87. The van der Waals surface area contributed by atoms with E-state index in [-0.39, 0.29) is 0 Å². The molecule has 0 fully saturated rings. The zero-order valence-electron chi connectivity index (χ0n) is 15.7. The maximum absolute atomic E-state index is 11.9. The second-order valence-corrected chi connectivity index (χ2v) is 5.86. The summed E-state index contributed by atoms with van der Waals surface area (Å²) in [4.78, 5) is 23.7. The average Bonchev–Trinajstić information content (AvgIpc) is 2.70. The molecule has 0 saturated carbocycles. The number of anilines is 1. The molecule has 0 radical (unpaired) electrons. The Bertz CT molecular complexity index is 881. The number of esters is 1. The summed E-state index contributed by atoms with van der Waals surface area (Å²) in [6, 6.07) is 9.97. The minimum atomic E-state index is -0.655. The summed E-state index contributed by atoms with van der Waals surface area (Å²) in [5.74, 6) is 0.464. The summed E-state index contributed by atoms with van der Waals surface area (Å²) in [6.45, 7) is -0.432. The quantitative estimate of drug-likeness (QED) is 0.534. The summed E-state index contributed by atoms with van der Waals surface area (Å²) in [5.41, 5.74) is 1.18. The van der Waals surface area contributed by atoms with E-state index < -0.39 is 18.5 Å². The number of carbonyl (C=O) groups is 2. The van der Waals surface area contributed by atoms with Crippen LogP contribution in [-0.4, -0.2) is 39.8 Å². The molecule has 0 bridgehead atoms. The van der Waals surface area contributed by atoms with E-state index >= 15 is 0 Å². The molecular formula is C20H20ClNO6. The van der Waals surface area contributed by atoms with E-state index in [1.807, 2.05) is 0 Å². The molecule has 7 nitrogen and oxygen atoms in total. The first-order valence-electron chi connectivity index (χ1n) is 8.17. The Hall–Kier alpha value is -3.19. The molecule has 0 aliphatic rings. The number of carbonyl (C=O) groups excluding carboxylic acids is 2. The van der Waals surface area contributed by atoms with Crippen molar-refractivity contribution >= 4 is 35.2 Å². The lowest BCUT2D eigenvalue weighted by atomic mass is 10.2. The highest BCUT2D eigenvalue weighted by atomic mass is 35.5. The van der Waals surface area contributed by atoms with Gasteiger partial charge in [-0.2, -0.15) is 0 Å². The lowest BCUT2D eigenvalue weighted by molar-refractivity contribution is -0.142. The van der Waals surface area contributed by atoms with Gasteiger partial charge in [0.15, 0.2) is 18.1 Å². The number of nitrogens with one attached hydrogen (secondary N) is 1. The minimum absolute atomic E-state index is 0.357. The van der Waals surface area contributed by atoms with Crippen LogP contribution in [0, 0.1) is 0 Å². The number of benzene rings is 2. The van der Waals surface area contributed by atoms with Crippen LogP contribution in [-0.2, 0) is 14.3 Å². The highest BCUT2D eigenvalue weighted by molar-refractivity contribution is 6.32. The lowest BCUT2D eigenvalue weighted by Crippen LogP contribution is -2.20. The monoisotopic (exact) mass is 405 g/mol. The van der Waals surface area contributed by atoms with Gasteiger partial charge in [-0.15, -0.1) is 0 Å². The molecule has 8 heteroatoms. The maximum Gasteiger partial charge on any atom is 0.331 e. The van der Waals surface area contributed by atoms with Gasteiger partial charge in [-0.1, -0.05) is 17.7 Å². The van der Waals surface area contributed by atoms with Gasteiger partial charge in [0.25, 0.3) is 5.91 Å². The van der Waals surface area contributed by atoms with E-state index in [0.29, 0.717) is 33.5 Å². The molecule has 2 aromatic carbocycles. The first-order chi connectivity index (χ1) is 13.5. The SMILES string of the molecule is COc1ccc(NC(=O)COC(=O)C=Cc2ccc(OC)c(OC)c2)cc1Cl. The predicted molar refractivity (Wildman–Crippen MR) is 106 cm³/mol. The van der Waals surface area contributed by atoms with Gasteiger partial charge in [-0.05, 0) is 42.0 Å². The first-order valence-corrected chi connectivity index (χ1v) is 8.55. The van der Waals surface area contributed by atoms with E-state index in [2.05, 4.69) is 5.32 Å². The van der Waals surface area contributed by atoms with Crippen molar-refractivity contribution in [1.82, 2.24) is 0 Å². The van der Waals surface area contributed by atoms with Gasteiger partial charge in [-0.3, -0.25) is 4.79 Å². The van der Waals surface area contributed by atoms with E-state index in [0.717, 1.165) is 0 Å². The van der Waals surface area contributed by atoms with Crippen molar-refractivity contribution < 1.29 is 28.5 Å². The molecule has 1 N–H and O–H groups in total. The predicted octanol–water partition coefficient (Wildman–Crippen LogP) is 3.56. The zero-order valence-corrected chi connectivity index (χ0v) is 16.4. The summed E-state index contributed by atoms with van der Waals surface area (Å²) in [7, 11) is 4.55. The molecule has 0 atom stereocenters. The molecule has 2 rings (SSSR count). The van der Waals surface area contributed by atoms with Crippen LogP contribution in [0.1, 0.15) is 5.56 Å². The Labute approximate surface area is 167 Å². The van der Waals surface area contributed by atoms with Crippen LogP contribution >= 0.6 is 11.6 Å². The first kappa shape index (κ1) is 21.1. The summed E-state index contributed by atoms with van der Waals surface area (Å²) in [6.07, 6.45) is 2.77. The lowest BCUT2D eigenvalue weighted by Gasteiger charge is -2.08. The molecule has 0 aliphatic heterocycles. The van der Waals surface area contributed by atoms with Gasteiger partial charge in [0, 0.05) is 11.8 Å². The number of rotatable bonds is 8. The van der Waals surface area contributed by atoms with Crippen LogP contribution in [0.5, 0.6) is 17.2 Å². The van der Waals surface area contributed by atoms with E-state index in [1.54, 1.807) is 36.4 Å². The minimum Gasteiger partial charge on any atom is -0.495 e. The summed E-state index contributed by atoms with van der Waals surface area (Å²) < 4.78 is 20.3. The van der Waals surface area contributed by atoms with Crippen LogP contribution in [0.4, 0.5) is 5.69 Å². The molecule has 2 aromatic rings. The summed E-state index contributed by atoms with van der Waals surface area (Å²) >= 11 is 5.99. The second kappa shape index (κ2) is 10.2. The highest BCUT2D eigenvalue weighted by Gasteiger charge is 2.08. The molecule has 0 saturated heterocycles. The van der Waals surface area contributed by atoms with Crippen molar-refractivity contribution in [3.8, 4) is 17.2 Å². The Morgan fingerprint density at radius 1 is 0.964 bits per heavy atom. The van der Waals surface area contributed by atoms with Crippen LogP contribution in [0.15, 0.2) is 42.5 Å². The van der Waals surface area contributed by atoms with Crippen LogP contribution in [0.2, 0.25) is 5.02 Å².